The van der Waals surface area contributed by atoms with Crippen molar-refractivity contribution in [3.63, 3.8) is 0 Å². The van der Waals surface area contributed by atoms with E-state index in [1.807, 2.05) is 6.92 Å². The normalized spacial score (nSPS) is 9.70. The smallest absolute Gasteiger partial charge is 0.251 e. The van der Waals surface area contributed by atoms with Crippen LogP contribution in [-0.2, 0) is 4.79 Å². The molecule has 0 saturated heterocycles. The molecule has 0 fully saturated rings. The predicted molar refractivity (Wildman–Crippen MR) is 83.7 cm³/mol. The van der Waals surface area contributed by atoms with E-state index >= 15 is 0 Å². The maximum absolute atomic E-state index is 11.5. The van der Waals surface area contributed by atoms with E-state index in [0.29, 0.717) is 12.0 Å². The highest BCUT2D eigenvalue weighted by Gasteiger charge is 2.05. The molecule has 0 radical (unpaired) electrons. The van der Waals surface area contributed by atoms with Crippen LogP contribution in [0.5, 0.6) is 0 Å². The highest BCUT2D eigenvalue weighted by Crippen LogP contribution is 2.09. The van der Waals surface area contributed by atoms with Gasteiger partial charge in [-0.25, -0.2) is 0 Å². The van der Waals surface area contributed by atoms with Crippen LogP contribution in [0.1, 0.15) is 36.5 Å². The highest BCUT2D eigenvalue weighted by molar-refractivity contribution is 7.80. The van der Waals surface area contributed by atoms with Crippen LogP contribution >= 0.6 is 12.2 Å². The number of amides is 2. The van der Waals surface area contributed by atoms with Crippen molar-refractivity contribution in [2.24, 2.45) is 0 Å². The molecule has 0 aliphatic carbocycles. The van der Waals surface area contributed by atoms with Gasteiger partial charge in [-0.1, -0.05) is 13.3 Å². The summed E-state index contributed by atoms with van der Waals surface area (Å²) in [6, 6.07) is 6.83. The van der Waals surface area contributed by atoms with Gasteiger partial charge in [0, 0.05) is 24.7 Å². The molecule has 5 nitrogen and oxygen atoms in total. The van der Waals surface area contributed by atoms with E-state index in [2.05, 4.69) is 16.0 Å². The van der Waals surface area contributed by atoms with Crippen molar-refractivity contribution in [1.82, 2.24) is 10.6 Å². The SMILES string of the molecule is CCCCC(=O)NC(=S)Nc1ccc(C(=O)NC)cc1. The molecule has 6 heteroatoms. The summed E-state index contributed by atoms with van der Waals surface area (Å²) in [4.78, 5) is 22.9. The molecule has 0 unspecified atom stereocenters. The van der Waals surface area contributed by atoms with Crippen LogP contribution in [0.25, 0.3) is 0 Å². The van der Waals surface area contributed by atoms with Crippen LogP contribution in [0.3, 0.4) is 0 Å². The topological polar surface area (TPSA) is 70.2 Å². The Balaban J connectivity index is 2.50. The Kier molecular flexibility index (Phi) is 6.66. The second-order valence-corrected chi connectivity index (χ2v) is 4.67. The molecule has 0 aliphatic rings. The second kappa shape index (κ2) is 8.27. The Hall–Kier alpha value is -1.95. The number of carbonyl (C=O) groups excluding carboxylic acids is 2. The molecule has 1 rings (SSSR count). The molecule has 0 spiro atoms. The average molecular weight is 293 g/mol. The monoisotopic (exact) mass is 293 g/mol. The van der Waals surface area contributed by atoms with Crippen LogP contribution in [0.2, 0.25) is 0 Å². The van der Waals surface area contributed by atoms with Crippen molar-refractivity contribution in [2.75, 3.05) is 12.4 Å². The zero-order chi connectivity index (χ0) is 15.0. The predicted octanol–water partition coefficient (Wildman–Crippen LogP) is 2.05. The fourth-order valence-electron chi connectivity index (χ4n) is 1.54. The fraction of sp³-hybridized carbons (Fsp3) is 0.357. The maximum Gasteiger partial charge on any atom is 0.251 e. The van der Waals surface area contributed by atoms with E-state index in [4.69, 9.17) is 12.2 Å². The second-order valence-electron chi connectivity index (χ2n) is 4.26. The lowest BCUT2D eigenvalue weighted by atomic mass is 10.2. The average Bonchev–Trinajstić information content (AvgIpc) is 2.45. The van der Waals surface area contributed by atoms with Gasteiger partial charge in [-0.3, -0.25) is 9.59 Å². The number of carbonyl (C=O) groups is 2. The number of hydrogen-bond acceptors (Lipinski definition) is 3. The van der Waals surface area contributed by atoms with Crippen LogP contribution in [0.4, 0.5) is 5.69 Å². The fourth-order valence-corrected chi connectivity index (χ4v) is 1.77. The summed E-state index contributed by atoms with van der Waals surface area (Å²) in [5.41, 5.74) is 1.29. The molecular weight excluding hydrogens is 274 g/mol. The molecule has 20 heavy (non-hydrogen) atoms. The number of rotatable bonds is 5. The minimum atomic E-state index is -0.146. The largest absolute Gasteiger partial charge is 0.355 e. The van der Waals surface area contributed by atoms with E-state index in [1.165, 1.54) is 0 Å². The van der Waals surface area contributed by atoms with Crippen LogP contribution in [0, 0.1) is 0 Å². The number of unbranched alkanes of at least 4 members (excludes halogenated alkanes) is 1. The summed E-state index contributed by atoms with van der Waals surface area (Å²) in [6.45, 7) is 2.03. The molecule has 1 aromatic rings. The van der Waals surface area contributed by atoms with Gasteiger partial charge in [0.2, 0.25) is 5.91 Å². The van der Waals surface area contributed by atoms with Crippen molar-refractivity contribution in [2.45, 2.75) is 26.2 Å². The Labute approximate surface area is 124 Å². The number of hydrogen-bond donors (Lipinski definition) is 3. The molecule has 0 heterocycles. The Bertz CT molecular complexity index is 486. The first-order valence-electron chi connectivity index (χ1n) is 6.49. The van der Waals surface area contributed by atoms with E-state index in [0.717, 1.165) is 18.5 Å². The summed E-state index contributed by atoms with van der Waals surface area (Å²) in [5, 5.41) is 8.32. The molecule has 0 aliphatic heterocycles. The van der Waals surface area contributed by atoms with Crippen molar-refractivity contribution in [3.8, 4) is 0 Å². The summed E-state index contributed by atoms with van der Waals surface area (Å²) in [6.07, 6.45) is 2.28. The third-order valence-corrected chi connectivity index (χ3v) is 2.85. The lowest BCUT2D eigenvalue weighted by Gasteiger charge is -2.09. The van der Waals surface area contributed by atoms with Gasteiger partial charge < -0.3 is 16.0 Å². The van der Waals surface area contributed by atoms with Crippen molar-refractivity contribution in [1.29, 1.82) is 0 Å². The molecule has 108 valence electrons. The standard InChI is InChI=1S/C14H19N3O2S/c1-3-4-5-12(18)17-14(20)16-11-8-6-10(7-9-11)13(19)15-2/h6-9H,3-5H2,1-2H3,(H,15,19)(H2,16,17,18,20). The van der Waals surface area contributed by atoms with Gasteiger partial charge in [0.05, 0.1) is 0 Å². The molecule has 1 aromatic carbocycles. The number of nitrogens with one attached hydrogen (secondary N) is 3. The van der Waals surface area contributed by atoms with E-state index in [-0.39, 0.29) is 16.9 Å². The van der Waals surface area contributed by atoms with Gasteiger partial charge in [0.25, 0.3) is 5.91 Å². The molecule has 0 bridgehead atoms. The lowest BCUT2D eigenvalue weighted by molar-refractivity contribution is -0.119. The van der Waals surface area contributed by atoms with Crippen LogP contribution < -0.4 is 16.0 Å². The minimum Gasteiger partial charge on any atom is -0.355 e. The molecule has 0 atom stereocenters. The van der Waals surface area contributed by atoms with Gasteiger partial charge >= 0.3 is 0 Å². The summed E-state index contributed by atoms with van der Waals surface area (Å²) in [5.74, 6) is -0.238. The quantitative estimate of drug-likeness (QED) is 0.727. The third-order valence-electron chi connectivity index (χ3n) is 2.64. The van der Waals surface area contributed by atoms with Gasteiger partial charge in [-0.05, 0) is 42.9 Å². The molecule has 2 amide bonds. The van der Waals surface area contributed by atoms with E-state index in [1.54, 1.807) is 31.3 Å². The Morgan fingerprint density at radius 3 is 2.40 bits per heavy atom. The van der Waals surface area contributed by atoms with Crippen molar-refractivity contribution < 1.29 is 9.59 Å². The van der Waals surface area contributed by atoms with Gasteiger partial charge in [-0.15, -0.1) is 0 Å². The zero-order valence-corrected chi connectivity index (χ0v) is 12.5. The summed E-state index contributed by atoms with van der Waals surface area (Å²) >= 11 is 5.05. The van der Waals surface area contributed by atoms with Crippen LogP contribution in [-0.4, -0.2) is 24.0 Å². The molecular formula is C14H19N3O2S. The first-order valence-corrected chi connectivity index (χ1v) is 6.90. The van der Waals surface area contributed by atoms with Gasteiger partial charge in [0.15, 0.2) is 5.11 Å². The highest BCUT2D eigenvalue weighted by atomic mass is 32.1. The van der Waals surface area contributed by atoms with Crippen molar-refractivity contribution in [3.05, 3.63) is 29.8 Å². The zero-order valence-electron chi connectivity index (χ0n) is 11.7. The molecule has 0 aromatic heterocycles. The lowest BCUT2D eigenvalue weighted by Crippen LogP contribution is -2.33. The molecule has 3 N–H and O–H groups in total. The van der Waals surface area contributed by atoms with E-state index in [9.17, 15) is 9.59 Å². The first kappa shape index (κ1) is 16.1. The summed E-state index contributed by atoms with van der Waals surface area (Å²) in [7, 11) is 1.58. The minimum absolute atomic E-state index is 0.0914. The summed E-state index contributed by atoms with van der Waals surface area (Å²) < 4.78 is 0. The maximum atomic E-state index is 11.5. The van der Waals surface area contributed by atoms with E-state index < -0.39 is 0 Å². The van der Waals surface area contributed by atoms with Crippen molar-refractivity contribution >= 4 is 34.8 Å². The Morgan fingerprint density at radius 2 is 1.85 bits per heavy atom. The molecule has 0 saturated carbocycles. The van der Waals surface area contributed by atoms with Gasteiger partial charge in [-0.2, -0.15) is 0 Å². The number of benzene rings is 1. The Morgan fingerprint density at radius 1 is 1.20 bits per heavy atom. The van der Waals surface area contributed by atoms with Gasteiger partial charge in [0.1, 0.15) is 0 Å². The number of anilines is 1. The number of thiocarbonyl (C=S) groups is 1. The van der Waals surface area contributed by atoms with Crippen LogP contribution in [0.15, 0.2) is 24.3 Å². The first-order chi connectivity index (χ1) is 9.56. The third kappa shape index (κ3) is 5.36.